The summed E-state index contributed by atoms with van der Waals surface area (Å²) < 4.78 is 1.59. The highest BCUT2D eigenvalue weighted by Crippen LogP contribution is 2.21. The summed E-state index contributed by atoms with van der Waals surface area (Å²) in [7, 11) is 0. The molecule has 1 saturated heterocycles. The Labute approximate surface area is 135 Å². The molecule has 122 valence electrons. The molecule has 1 aliphatic rings. The van der Waals surface area contributed by atoms with Crippen LogP contribution >= 0.6 is 0 Å². The number of nitrogens with one attached hydrogen (secondary N) is 2. The molecule has 0 aliphatic carbocycles. The molecule has 3 rings (SSSR count). The number of rotatable bonds is 5. The van der Waals surface area contributed by atoms with E-state index in [9.17, 15) is 4.79 Å². The Hall–Kier alpha value is -2.28. The molecule has 1 atom stereocenters. The Morgan fingerprint density at radius 2 is 2.22 bits per heavy atom. The van der Waals surface area contributed by atoms with Crippen molar-refractivity contribution in [3.8, 4) is 5.95 Å². The molecule has 2 N–H and O–H groups in total. The average molecular weight is 314 g/mol. The first-order valence-corrected chi connectivity index (χ1v) is 8.04. The fourth-order valence-corrected chi connectivity index (χ4v) is 2.67. The molecule has 2 aromatic heterocycles. The summed E-state index contributed by atoms with van der Waals surface area (Å²) in [6.45, 7) is 5.12. The maximum absolute atomic E-state index is 12.3. The van der Waals surface area contributed by atoms with Crippen molar-refractivity contribution >= 4 is 11.7 Å². The molecule has 1 amide bonds. The quantitative estimate of drug-likeness (QED) is 0.880. The monoisotopic (exact) mass is 314 g/mol. The van der Waals surface area contributed by atoms with Gasteiger partial charge >= 0.3 is 0 Å². The van der Waals surface area contributed by atoms with Crippen molar-refractivity contribution in [3.05, 3.63) is 30.2 Å². The van der Waals surface area contributed by atoms with E-state index in [0.29, 0.717) is 18.2 Å². The number of aromatic nitrogens is 4. The predicted octanol–water partition coefficient (Wildman–Crippen LogP) is 1.87. The van der Waals surface area contributed by atoms with Crippen molar-refractivity contribution < 1.29 is 4.79 Å². The molecule has 0 bridgehead atoms. The smallest absolute Gasteiger partial charge is 0.252 e. The van der Waals surface area contributed by atoms with Crippen LogP contribution in [-0.2, 0) is 4.79 Å². The van der Waals surface area contributed by atoms with Crippen LogP contribution in [0.25, 0.3) is 5.95 Å². The maximum Gasteiger partial charge on any atom is 0.252 e. The van der Waals surface area contributed by atoms with Gasteiger partial charge in [0.15, 0.2) is 0 Å². The normalized spacial score (nSPS) is 17.6. The summed E-state index contributed by atoms with van der Waals surface area (Å²) in [6, 6.07) is 3.91. The molecular weight excluding hydrogens is 292 g/mol. The average Bonchev–Trinajstić information content (AvgIpc) is 3.18. The van der Waals surface area contributed by atoms with Crippen molar-refractivity contribution in [2.24, 2.45) is 0 Å². The van der Waals surface area contributed by atoms with Crippen molar-refractivity contribution in [2.75, 3.05) is 11.9 Å². The van der Waals surface area contributed by atoms with Crippen LogP contribution in [0.5, 0.6) is 0 Å². The number of carbonyl (C=O) groups is 1. The van der Waals surface area contributed by atoms with E-state index in [2.05, 4.69) is 39.5 Å². The molecule has 0 saturated carbocycles. The Bertz CT molecular complexity index is 660. The summed E-state index contributed by atoms with van der Waals surface area (Å²) in [6.07, 6.45) is 5.97. The van der Waals surface area contributed by atoms with E-state index in [1.807, 2.05) is 6.07 Å². The number of amides is 1. The third-order valence-electron chi connectivity index (χ3n) is 3.92. The Morgan fingerprint density at radius 1 is 1.43 bits per heavy atom. The van der Waals surface area contributed by atoms with Gasteiger partial charge in [-0.15, -0.1) is 0 Å². The standard InChI is InChI=1S/C16H22N6O/c1-11(2)13-10-14(20-15(23)9-12-5-3-6-17-12)22(21-13)16-18-7-4-8-19-16/h4,7-8,10-12,17H,3,5-6,9H2,1-2H3,(H,20,23). The molecule has 1 unspecified atom stereocenters. The molecule has 7 nitrogen and oxygen atoms in total. The lowest BCUT2D eigenvalue weighted by molar-refractivity contribution is -0.116. The molecule has 1 fully saturated rings. The summed E-state index contributed by atoms with van der Waals surface area (Å²) in [5.74, 6) is 1.31. The van der Waals surface area contributed by atoms with Crippen LogP contribution in [0.3, 0.4) is 0 Å². The van der Waals surface area contributed by atoms with E-state index in [1.165, 1.54) is 0 Å². The minimum Gasteiger partial charge on any atom is -0.313 e. The second-order valence-electron chi connectivity index (χ2n) is 6.12. The predicted molar refractivity (Wildman–Crippen MR) is 87.5 cm³/mol. The number of carbonyl (C=O) groups excluding carboxylic acids is 1. The molecule has 3 heterocycles. The highest BCUT2D eigenvalue weighted by molar-refractivity contribution is 5.90. The SMILES string of the molecule is CC(C)c1cc(NC(=O)CC2CCCN2)n(-c2ncccn2)n1. The number of hydrogen-bond donors (Lipinski definition) is 2. The van der Waals surface area contributed by atoms with Crippen LogP contribution in [-0.4, -0.2) is 38.2 Å². The van der Waals surface area contributed by atoms with Gasteiger partial charge in [0.1, 0.15) is 5.82 Å². The highest BCUT2D eigenvalue weighted by atomic mass is 16.1. The van der Waals surface area contributed by atoms with Gasteiger partial charge < -0.3 is 10.6 Å². The number of hydrogen-bond acceptors (Lipinski definition) is 5. The third kappa shape index (κ3) is 3.73. The number of nitrogens with zero attached hydrogens (tertiary/aromatic N) is 4. The van der Waals surface area contributed by atoms with Crippen LogP contribution in [0, 0.1) is 0 Å². The van der Waals surface area contributed by atoms with Gasteiger partial charge in [-0.3, -0.25) is 4.79 Å². The molecule has 0 radical (unpaired) electrons. The summed E-state index contributed by atoms with van der Waals surface area (Å²) in [5, 5.41) is 10.8. The zero-order valence-electron chi connectivity index (χ0n) is 13.5. The topological polar surface area (TPSA) is 84.7 Å². The molecule has 1 aliphatic heterocycles. The van der Waals surface area contributed by atoms with Gasteiger partial charge in [-0.1, -0.05) is 13.8 Å². The van der Waals surface area contributed by atoms with Crippen molar-refractivity contribution in [1.82, 2.24) is 25.1 Å². The van der Waals surface area contributed by atoms with Gasteiger partial charge in [-0.25, -0.2) is 9.97 Å². The van der Waals surface area contributed by atoms with Crippen LogP contribution in [0.15, 0.2) is 24.5 Å². The van der Waals surface area contributed by atoms with Crippen LogP contribution < -0.4 is 10.6 Å². The minimum atomic E-state index is -0.0169. The van der Waals surface area contributed by atoms with Crippen molar-refractivity contribution in [3.63, 3.8) is 0 Å². The number of anilines is 1. The summed E-state index contributed by atoms with van der Waals surface area (Å²) in [5.41, 5.74) is 0.895. The lowest BCUT2D eigenvalue weighted by Crippen LogP contribution is -2.28. The van der Waals surface area contributed by atoms with Crippen LogP contribution in [0.1, 0.15) is 44.7 Å². The molecule has 7 heteroatoms. The Morgan fingerprint density at radius 3 is 2.87 bits per heavy atom. The van der Waals surface area contributed by atoms with Crippen LogP contribution in [0.2, 0.25) is 0 Å². The van der Waals surface area contributed by atoms with E-state index in [-0.39, 0.29) is 17.9 Å². The second-order valence-corrected chi connectivity index (χ2v) is 6.12. The van der Waals surface area contributed by atoms with E-state index in [0.717, 1.165) is 25.1 Å². The first-order chi connectivity index (χ1) is 11.1. The first-order valence-electron chi connectivity index (χ1n) is 8.04. The summed E-state index contributed by atoms with van der Waals surface area (Å²) >= 11 is 0. The largest absolute Gasteiger partial charge is 0.313 e. The lowest BCUT2D eigenvalue weighted by Gasteiger charge is -2.11. The molecule has 0 aromatic carbocycles. The molecule has 0 spiro atoms. The van der Waals surface area contributed by atoms with Crippen molar-refractivity contribution in [1.29, 1.82) is 0 Å². The van der Waals surface area contributed by atoms with Gasteiger partial charge in [-0.2, -0.15) is 9.78 Å². The minimum absolute atomic E-state index is 0.0169. The zero-order chi connectivity index (χ0) is 16.2. The zero-order valence-corrected chi connectivity index (χ0v) is 13.5. The third-order valence-corrected chi connectivity index (χ3v) is 3.92. The summed E-state index contributed by atoms with van der Waals surface area (Å²) in [4.78, 5) is 20.7. The van der Waals surface area contributed by atoms with E-state index >= 15 is 0 Å². The lowest BCUT2D eigenvalue weighted by atomic mass is 10.1. The van der Waals surface area contributed by atoms with Gasteiger partial charge in [0.25, 0.3) is 5.95 Å². The molecule has 2 aromatic rings. The van der Waals surface area contributed by atoms with Gasteiger partial charge in [0, 0.05) is 30.9 Å². The van der Waals surface area contributed by atoms with Crippen LogP contribution in [0.4, 0.5) is 5.82 Å². The Kier molecular flexibility index (Phi) is 4.66. The highest BCUT2D eigenvalue weighted by Gasteiger charge is 2.20. The fourth-order valence-electron chi connectivity index (χ4n) is 2.67. The Balaban J connectivity index is 1.80. The fraction of sp³-hybridized carbons (Fsp3) is 0.500. The molecular formula is C16H22N6O. The van der Waals surface area contributed by atoms with Gasteiger partial charge in [0.05, 0.1) is 5.69 Å². The first kappa shape index (κ1) is 15.6. The van der Waals surface area contributed by atoms with E-state index in [1.54, 1.807) is 23.1 Å². The van der Waals surface area contributed by atoms with Gasteiger partial charge in [-0.05, 0) is 31.4 Å². The van der Waals surface area contributed by atoms with Gasteiger partial charge in [0.2, 0.25) is 5.91 Å². The maximum atomic E-state index is 12.3. The van der Waals surface area contributed by atoms with E-state index in [4.69, 9.17) is 0 Å². The van der Waals surface area contributed by atoms with E-state index < -0.39 is 0 Å². The molecule has 23 heavy (non-hydrogen) atoms. The van der Waals surface area contributed by atoms with Crippen molar-refractivity contribution in [2.45, 2.75) is 45.1 Å². The second kappa shape index (κ2) is 6.87.